The molecular formula is C21H24ClNO5S. The average Bonchev–Trinajstić information content (AvgIpc) is 3.20. The molecule has 3 rings (SSSR count). The van der Waals surface area contributed by atoms with E-state index in [2.05, 4.69) is 5.32 Å². The molecule has 2 aromatic rings. The number of thioether (sulfide) groups is 1. The number of hydrogen-bond acceptors (Lipinski definition) is 6. The molecule has 0 saturated carbocycles. The second-order valence-electron chi connectivity index (χ2n) is 6.75. The van der Waals surface area contributed by atoms with Crippen molar-refractivity contribution in [3.8, 4) is 17.2 Å². The first-order valence-corrected chi connectivity index (χ1v) is 10.6. The van der Waals surface area contributed by atoms with E-state index in [4.69, 9.17) is 30.9 Å². The number of carboxylic acid groups (broad SMARTS) is 1. The molecule has 2 unspecified atom stereocenters. The highest BCUT2D eigenvalue weighted by molar-refractivity contribution is 7.99. The molecule has 1 fully saturated rings. The summed E-state index contributed by atoms with van der Waals surface area (Å²) >= 11 is 7.75. The third kappa shape index (κ3) is 5.29. The molecule has 6 nitrogen and oxygen atoms in total. The van der Waals surface area contributed by atoms with Gasteiger partial charge in [-0.1, -0.05) is 17.7 Å². The summed E-state index contributed by atoms with van der Waals surface area (Å²) in [5, 5.41) is 12.9. The summed E-state index contributed by atoms with van der Waals surface area (Å²) in [7, 11) is 1.58. The van der Waals surface area contributed by atoms with Gasteiger partial charge in [0.2, 0.25) is 0 Å². The van der Waals surface area contributed by atoms with Crippen LogP contribution in [0.3, 0.4) is 0 Å². The molecule has 0 radical (unpaired) electrons. The summed E-state index contributed by atoms with van der Waals surface area (Å²) in [4.78, 5) is 11.2. The Bertz CT molecular complexity index is 868. The molecule has 8 heteroatoms. The maximum Gasteiger partial charge on any atom is 0.321 e. The summed E-state index contributed by atoms with van der Waals surface area (Å²) < 4.78 is 17.0. The quantitative estimate of drug-likeness (QED) is 0.599. The number of benzene rings is 2. The molecule has 1 heterocycles. The van der Waals surface area contributed by atoms with Gasteiger partial charge < -0.3 is 19.3 Å². The van der Waals surface area contributed by atoms with Crippen LogP contribution >= 0.6 is 23.4 Å². The Morgan fingerprint density at radius 1 is 1.17 bits per heavy atom. The van der Waals surface area contributed by atoms with Crippen molar-refractivity contribution in [2.24, 2.45) is 0 Å². The summed E-state index contributed by atoms with van der Waals surface area (Å²) in [6.07, 6.45) is 0. The van der Waals surface area contributed by atoms with Crippen LogP contribution in [-0.4, -0.2) is 43.2 Å². The number of hydrogen-bond donors (Lipinski definition) is 2. The lowest BCUT2D eigenvalue weighted by molar-refractivity contribution is -0.138. The summed E-state index contributed by atoms with van der Waals surface area (Å²) in [6, 6.07) is 8.88. The Labute approximate surface area is 179 Å². The van der Waals surface area contributed by atoms with E-state index in [-0.39, 0.29) is 5.37 Å². The summed E-state index contributed by atoms with van der Waals surface area (Å²) in [5.41, 5.74) is 2.88. The molecular weight excluding hydrogens is 414 g/mol. The fraction of sp³-hybridized carbons (Fsp3) is 0.381. The highest BCUT2D eigenvalue weighted by Gasteiger charge is 2.30. The Hall–Kier alpha value is -2.09. The lowest BCUT2D eigenvalue weighted by atomic mass is 10.1. The van der Waals surface area contributed by atoms with Gasteiger partial charge in [0, 0.05) is 10.8 Å². The van der Waals surface area contributed by atoms with Gasteiger partial charge in [-0.3, -0.25) is 10.1 Å². The van der Waals surface area contributed by atoms with Crippen LogP contribution in [0.25, 0.3) is 0 Å². The molecule has 0 bridgehead atoms. The maximum atomic E-state index is 11.2. The van der Waals surface area contributed by atoms with E-state index in [0.29, 0.717) is 30.5 Å². The molecule has 1 saturated heterocycles. The van der Waals surface area contributed by atoms with Crippen LogP contribution in [0.4, 0.5) is 0 Å². The van der Waals surface area contributed by atoms with Crippen molar-refractivity contribution < 1.29 is 24.1 Å². The third-order valence-corrected chi connectivity index (χ3v) is 6.45. The smallest absolute Gasteiger partial charge is 0.321 e. The van der Waals surface area contributed by atoms with E-state index >= 15 is 0 Å². The zero-order valence-corrected chi connectivity index (χ0v) is 18.1. The molecule has 0 amide bonds. The first kappa shape index (κ1) is 21.6. The summed E-state index contributed by atoms with van der Waals surface area (Å²) in [5.74, 6) is 1.65. The molecule has 2 aromatic carbocycles. The predicted octanol–water partition coefficient (Wildman–Crippen LogP) is 4.21. The van der Waals surface area contributed by atoms with Gasteiger partial charge in [-0.05, 0) is 54.8 Å². The molecule has 1 aliphatic rings. The van der Waals surface area contributed by atoms with Gasteiger partial charge in [0.25, 0.3) is 0 Å². The van der Waals surface area contributed by atoms with Crippen LogP contribution in [0.1, 0.15) is 22.1 Å². The Kier molecular flexibility index (Phi) is 7.16. The van der Waals surface area contributed by atoms with Gasteiger partial charge in [-0.15, -0.1) is 11.8 Å². The molecule has 1 aliphatic heterocycles. The fourth-order valence-corrected chi connectivity index (χ4v) is 4.41. The number of nitrogens with one attached hydrogen (secondary N) is 1. The van der Waals surface area contributed by atoms with Crippen molar-refractivity contribution in [1.82, 2.24) is 5.32 Å². The van der Waals surface area contributed by atoms with E-state index in [1.54, 1.807) is 18.9 Å². The number of ether oxygens (including phenoxy) is 3. The SMILES string of the molecule is COc1ccc(C2NC(C(=O)O)CS2)cc1OCCOc1cc(C)c(Cl)c(C)c1. The number of carbonyl (C=O) groups is 1. The van der Waals surface area contributed by atoms with Gasteiger partial charge in [-0.25, -0.2) is 0 Å². The highest BCUT2D eigenvalue weighted by Crippen LogP contribution is 2.37. The second-order valence-corrected chi connectivity index (χ2v) is 8.27. The zero-order valence-electron chi connectivity index (χ0n) is 16.5. The van der Waals surface area contributed by atoms with Crippen LogP contribution in [0.15, 0.2) is 30.3 Å². The Morgan fingerprint density at radius 3 is 2.48 bits per heavy atom. The normalized spacial score (nSPS) is 18.5. The van der Waals surface area contributed by atoms with Crippen LogP contribution in [0.2, 0.25) is 5.02 Å². The largest absolute Gasteiger partial charge is 0.493 e. The van der Waals surface area contributed by atoms with Gasteiger partial charge in [0.15, 0.2) is 11.5 Å². The van der Waals surface area contributed by atoms with Crippen molar-refractivity contribution in [1.29, 1.82) is 0 Å². The monoisotopic (exact) mass is 437 g/mol. The Morgan fingerprint density at radius 2 is 1.86 bits per heavy atom. The minimum atomic E-state index is -0.838. The molecule has 29 heavy (non-hydrogen) atoms. The van der Waals surface area contributed by atoms with E-state index in [9.17, 15) is 4.79 Å². The number of aliphatic carboxylic acids is 1. The number of rotatable bonds is 8. The van der Waals surface area contributed by atoms with E-state index in [0.717, 1.165) is 27.5 Å². The molecule has 0 aromatic heterocycles. The average molecular weight is 438 g/mol. The van der Waals surface area contributed by atoms with Crippen LogP contribution in [0, 0.1) is 13.8 Å². The van der Waals surface area contributed by atoms with Crippen LogP contribution in [0.5, 0.6) is 17.2 Å². The molecule has 0 aliphatic carbocycles. The van der Waals surface area contributed by atoms with Gasteiger partial charge in [0.1, 0.15) is 25.0 Å². The van der Waals surface area contributed by atoms with Crippen molar-refractivity contribution in [2.75, 3.05) is 26.1 Å². The van der Waals surface area contributed by atoms with E-state index in [1.165, 1.54) is 0 Å². The molecule has 156 valence electrons. The van der Waals surface area contributed by atoms with Crippen molar-refractivity contribution in [2.45, 2.75) is 25.3 Å². The van der Waals surface area contributed by atoms with Gasteiger partial charge in [0.05, 0.1) is 12.5 Å². The summed E-state index contributed by atoms with van der Waals surface area (Å²) in [6.45, 7) is 4.59. The number of carboxylic acids is 1. The minimum absolute atomic E-state index is 0.0966. The fourth-order valence-electron chi connectivity index (χ4n) is 3.08. The van der Waals surface area contributed by atoms with Gasteiger partial charge in [-0.2, -0.15) is 0 Å². The van der Waals surface area contributed by atoms with Gasteiger partial charge >= 0.3 is 5.97 Å². The lowest BCUT2D eigenvalue weighted by Crippen LogP contribution is -2.33. The third-order valence-electron chi connectivity index (χ3n) is 4.59. The first-order chi connectivity index (χ1) is 13.9. The standard InChI is InChI=1S/C21H24ClNO5S/c1-12-8-15(9-13(2)19(12)22)27-6-7-28-18-10-14(4-5-17(18)26-3)20-23-16(11-29-20)21(24)25/h4-5,8-10,16,20,23H,6-7,11H2,1-3H3,(H,24,25). The number of halogens is 1. The topological polar surface area (TPSA) is 77.0 Å². The van der Waals surface area contributed by atoms with Crippen LogP contribution < -0.4 is 19.5 Å². The maximum absolute atomic E-state index is 11.2. The van der Waals surface area contributed by atoms with Crippen LogP contribution in [-0.2, 0) is 4.79 Å². The lowest BCUT2D eigenvalue weighted by Gasteiger charge is -2.16. The molecule has 0 spiro atoms. The second kappa shape index (κ2) is 9.61. The van der Waals surface area contributed by atoms with Crippen molar-refractivity contribution >= 4 is 29.3 Å². The molecule has 2 atom stereocenters. The first-order valence-electron chi connectivity index (χ1n) is 9.19. The number of aryl methyl sites for hydroxylation is 2. The highest BCUT2D eigenvalue weighted by atomic mass is 35.5. The Balaban J connectivity index is 1.60. The minimum Gasteiger partial charge on any atom is -0.493 e. The zero-order chi connectivity index (χ0) is 21.0. The van der Waals surface area contributed by atoms with E-state index in [1.807, 2.05) is 44.2 Å². The van der Waals surface area contributed by atoms with Crippen molar-refractivity contribution in [3.63, 3.8) is 0 Å². The predicted molar refractivity (Wildman–Crippen MR) is 115 cm³/mol. The van der Waals surface area contributed by atoms with Crippen molar-refractivity contribution in [3.05, 3.63) is 52.0 Å². The number of methoxy groups -OCH3 is 1. The van der Waals surface area contributed by atoms with E-state index < -0.39 is 12.0 Å². The molecule has 2 N–H and O–H groups in total.